The summed E-state index contributed by atoms with van der Waals surface area (Å²) in [6, 6.07) is 12.1. The number of hydrogen-bond donors (Lipinski definition) is 1. The Hall–Kier alpha value is -1.70. The maximum atomic E-state index is 5.25. The zero-order chi connectivity index (χ0) is 14.2. The molecule has 0 unspecified atom stereocenters. The van der Waals surface area contributed by atoms with Crippen molar-refractivity contribution in [1.29, 1.82) is 0 Å². The highest BCUT2D eigenvalue weighted by atomic mass is 17.6. The molecule has 0 radical (unpaired) electrons. The molecule has 0 heterocycles. The Morgan fingerprint density at radius 3 is 2.80 bits per heavy atom. The van der Waals surface area contributed by atoms with E-state index in [1.54, 1.807) is 7.11 Å². The summed E-state index contributed by atoms with van der Waals surface area (Å²) in [6.45, 7) is 0.420. The average molecular weight is 279 g/mol. The first-order chi connectivity index (χ1) is 9.85. The van der Waals surface area contributed by atoms with Crippen LogP contribution >= 0.6 is 0 Å². The zero-order valence-corrected chi connectivity index (χ0v) is 11.4. The Labute approximate surface area is 116 Å². The summed E-state index contributed by atoms with van der Waals surface area (Å²) in [5.74, 6) is 0.834. The van der Waals surface area contributed by atoms with Gasteiger partial charge in [0.25, 0.3) is 0 Å². The lowest BCUT2D eigenvalue weighted by atomic mass is 10.0. The van der Waals surface area contributed by atoms with E-state index in [0.717, 1.165) is 22.1 Å². The van der Waals surface area contributed by atoms with Gasteiger partial charge >= 0.3 is 0 Å². The predicted molar refractivity (Wildman–Crippen MR) is 72.5 cm³/mol. The topological polar surface area (TPSA) is 58.2 Å². The molecule has 0 amide bonds. The Balaban J connectivity index is 1.98. The fourth-order valence-corrected chi connectivity index (χ4v) is 1.94. The van der Waals surface area contributed by atoms with E-state index in [4.69, 9.17) is 9.57 Å². The molecule has 0 spiro atoms. The molecule has 108 valence electrons. The molecule has 6 heteroatoms. The van der Waals surface area contributed by atoms with Crippen molar-refractivity contribution < 1.29 is 24.5 Å². The lowest BCUT2D eigenvalue weighted by Gasteiger charge is -2.08. The average Bonchev–Trinajstić information content (AvgIpc) is 2.50. The molecule has 0 aromatic heterocycles. The van der Waals surface area contributed by atoms with Crippen LogP contribution in [0.5, 0.6) is 5.75 Å². The van der Waals surface area contributed by atoms with Crippen LogP contribution in [-0.2, 0) is 26.2 Å². The van der Waals surface area contributed by atoms with Gasteiger partial charge in [0.1, 0.15) is 5.75 Å². The second-order valence-electron chi connectivity index (χ2n) is 4.00. The summed E-state index contributed by atoms with van der Waals surface area (Å²) in [5.41, 5.74) is 3.32. The van der Waals surface area contributed by atoms with Gasteiger partial charge in [0, 0.05) is 0 Å². The monoisotopic (exact) mass is 279 g/mol. The minimum Gasteiger partial charge on any atom is -0.497 e. The number of fused-ring (bicyclic) bond motifs is 1. The van der Waals surface area contributed by atoms with Crippen molar-refractivity contribution in [1.82, 2.24) is 5.64 Å². The third-order valence-corrected chi connectivity index (χ3v) is 2.85. The summed E-state index contributed by atoms with van der Waals surface area (Å²) in [4.78, 5) is 13.6. The number of benzene rings is 2. The Kier molecular flexibility index (Phi) is 5.72. The molecule has 0 bridgehead atoms. The van der Waals surface area contributed by atoms with Crippen molar-refractivity contribution in [3.63, 3.8) is 0 Å². The van der Waals surface area contributed by atoms with E-state index in [9.17, 15) is 0 Å². The number of methoxy groups -OCH3 is 1. The van der Waals surface area contributed by atoms with Gasteiger partial charge in [-0.1, -0.05) is 29.3 Å². The van der Waals surface area contributed by atoms with Crippen molar-refractivity contribution in [2.75, 3.05) is 20.8 Å². The van der Waals surface area contributed by atoms with Crippen LogP contribution in [0.4, 0.5) is 0 Å². The molecule has 0 aliphatic rings. The van der Waals surface area contributed by atoms with Gasteiger partial charge in [-0.2, -0.15) is 0 Å². The highest BCUT2D eigenvalue weighted by Gasteiger charge is 2.03. The summed E-state index contributed by atoms with van der Waals surface area (Å²) in [6.07, 6.45) is 0.716. The number of hydrogen-bond acceptors (Lipinski definition) is 6. The highest BCUT2D eigenvalue weighted by molar-refractivity contribution is 5.87. The van der Waals surface area contributed by atoms with E-state index in [1.807, 2.05) is 24.3 Å². The third-order valence-electron chi connectivity index (χ3n) is 2.85. The molecule has 2 aromatic rings. The molecule has 0 aliphatic carbocycles. The van der Waals surface area contributed by atoms with Crippen molar-refractivity contribution in [3.05, 3.63) is 42.0 Å². The maximum absolute atomic E-state index is 5.25. The molecule has 0 atom stereocenters. The van der Waals surface area contributed by atoms with Gasteiger partial charge in [-0.15, -0.1) is 0 Å². The smallest absolute Gasteiger partial charge is 0.119 e. The van der Waals surface area contributed by atoms with Crippen molar-refractivity contribution in [3.8, 4) is 5.75 Å². The Morgan fingerprint density at radius 2 is 2.00 bits per heavy atom. The maximum Gasteiger partial charge on any atom is 0.119 e. The molecule has 0 saturated heterocycles. The first-order valence-corrected chi connectivity index (χ1v) is 6.14. The van der Waals surface area contributed by atoms with E-state index in [-0.39, 0.29) is 0 Å². The number of rotatable bonds is 8. The van der Waals surface area contributed by atoms with Gasteiger partial charge in [0.15, 0.2) is 0 Å². The van der Waals surface area contributed by atoms with E-state index in [1.165, 1.54) is 7.11 Å². The summed E-state index contributed by atoms with van der Waals surface area (Å²) in [7, 11) is 2.98. The lowest BCUT2D eigenvalue weighted by Crippen LogP contribution is -2.17. The van der Waals surface area contributed by atoms with Gasteiger partial charge in [0.05, 0.1) is 20.8 Å². The molecular formula is C14H17NO5. The molecule has 0 saturated carbocycles. The molecule has 1 N–H and O–H groups in total. The van der Waals surface area contributed by atoms with Gasteiger partial charge < -0.3 is 4.74 Å². The quantitative estimate of drug-likeness (QED) is 0.455. The fraction of sp³-hybridized carbons (Fsp3) is 0.286. The Morgan fingerprint density at radius 1 is 1.10 bits per heavy atom. The van der Waals surface area contributed by atoms with Gasteiger partial charge in [-0.05, 0) is 45.6 Å². The van der Waals surface area contributed by atoms with Crippen LogP contribution in [0.15, 0.2) is 36.4 Å². The molecule has 2 rings (SSSR count). The van der Waals surface area contributed by atoms with Gasteiger partial charge in [-0.25, -0.2) is 4.89 Å². The van der Waals surface area contributed by atoms with E-state index < -0.39 is 0 Å². The molecule has 6 nitrogen and oxygen atoms in total. The molecular weight excluding hydrogens is 262 g/mol. The second kappa shape index (κ2) is 7.78. The van der Waals surface area contributed by atoms with Crippen molar-refractivity contribution in [2.24, 2.45) is 0 Å². The normalized spacial score (nSPS) is 10.9. The van der Waals surface area contributed by atoms with Crippen LogP contribution < -0.4 is 10.4 Å². The Bertz CT molecular complexity index is 546. The molecule has 0 aliphatic heterocycles. The van der Waals surface area contributed by atoms with E-state index >= 15 is 0 Å². The van der Waals surface area contributed by atoms with Crippen LogP contribution in [0.2, 0.25) is 0 Å². The predicted octanol–water partition coefficient (Wildman–Crippen LogP) is 2.34. The zero-order valence-electron chi connectivity index (χ0n) is 11.4. The first kappa shape index (κ1) is 14.7. The molecule has 0 fully saturated rings. The van der Waals surface area contributed by atoms with Gasteiger partial charge in [-0.3, -0.25) is 4.84 Å². The lowest BCUT2D eigenvalue weighted by molar-refractivity contribution is -0.552. The van der Waals surface area contributed by atoms with E-state index in [2.05, 4.69) is 32.7 Å². The van der Waals surface area contributed by atoms with Gasteiger partial charge in [0.2, 0.25) is 0 Å². The first-order valence-electron chi connectivity index (χ1n) is 6.14. The van der Waals surface area contributed by atoms with Crippen LogP contribution in [0.1, 0.15) is 5.56 Å². The van der Waals surface area contributed by atoms with Crippen LogP contribution in [0.25, 0.3) is 10.8 Å². The number of ether oxygens (including phenoxy) is 1. The highest BCUT2D eigenvalue weighted by Crippen LogP contribution is 2.24. The van der Waals surface area contributed by atoms with Crippen LogP contribution in [0.3, 0.4) is 0 Å². The minimum atomic E-state index is 0.420. The standard InChI is InChI=1S/C14H17NO5/c1-16-13-7-6-11-4-3-5-12(14(11)10-13)8-9-18-15-19-20-17-2/h3-7,10,15H,8-9H2,1-2H3. The summed E-state index contributed by atoms with van der Waals surface area (Å²) >= 11 is 0. The van der Waals surface area contributed by atoms with E-state index in [0.29, 0.717) is 13.0 Å². The largest absolute Gasteiger partial charge is 0.497 e. The van der Waals surface area contributed by atoms with Crippen LogP contribution in [-0.4, -0.2) is 20.8 Å². The third kappa shape index (κ3) is 3.89. The van der Waals surface area contributed by atoms with Crippen molar-refractivity contribution in [2.45, 2.75) is 6.42 Å². The SMILES string of the molecule is COOONOCCc1cccc2ccc(OC)cc12. The summed E-state index contributed by atoms with van der Waals surface area (Å²) in [5, 5.41) is 6.44. The number of nitrogens with one attached hydrogen (secondary N) is 1. The summed E-state index contributed by atoms with van der Waals surface area (Å²) < 4.78 is 5.25. The second-order valence-corrected chi connectivity index (χ2v) is 4.00. The van der Waals surface area contributed by atoms with Crippen molar-refractivity contribution >= 4 is 10.8 Å². The minimum absolute atomic E-state index is 0.420. The molecule has 2 aromatic carbocycles. The fourth-order valence-electron chi connectivity index (χ4n) is 1.94. The molecule has 20 heavy (non-hydrogen) atoms. The van der Waals surface area contributed by atoms with Crippen LogP contribution in [0, 0.1) is 0 Å².